The van der Waals surface area contributed by atoms with Crippen LogP contribution in [0.25, 0.3) is 0 Å². The van der Waals surface area contributed by atoms with E-state index in [-0.39, 0.29) is 17.0 Å². The van der Waals surface area contributed by atoms with E-state index >= 15 is 0 Å². The molecule has 8 heteroatoms. The van der Waals surface area contributed by atoms with Gasteiger partial charge in [-0.25, -0.2) is 14.2 Å². The van der Waals surface area contributed by atoms with E-state index in [1.165, 1.54) is 11.4 Å². The third kappa shape index (κ3) is 3.34. The average molecular weight is 310 g/mol. The summed E-state index contributed by atoms with van der Waals surface area (Å²) in [7, 11) is 0. The van der Waals surface area contributed by atoms with Gasteiger partial charge in [0.15, 0.2) is 5.69 Å². The van der Waals surface area contributed by atoms with Crippen molar-refractivity contribution in [3.8, 4) is 5.75 Å². The van der Waals surface area contributed by atoms with Gasteiger partial charge in [0.05, 0.1) is 11.6 Å². The smallest absolute Gasteiger partial charge is 0.355 e. The minimum atomic E-state index is -1.15. The van der Waals surface area contributed by atoms with Crippen molar-refractivity contribution in [1.82, 2.24) is 10.3 Å². The van der Waals surface area contributed by atoms with Gasteiger partial charge in [-0.3, -0.25) is 4.79 Å². The molecule has 0 spiro atoms. The zero-order valence-electron chi connectivity index (χ0n) is 10.8. The molecule has 3 N–H and O–H groups in total. The van der Waals surface area contributed by atoms with E-state index in [0.29, 0.717) is 5.01 Å². The fraction of sp³-hybridized carbons (Fsp3) is 0.154. The number of halogens is 1. The van der Waals surface area contributed by atoms with Crippen molar-refractivity contribution < 1.29 is 24.2 Å². The zero-order valence-corrected chi connectivity index (χ0v) is 11.6. The lowest BCUT2D eigenvalue weighted by Crippen LogP contribution is -2.27. The number of phenolic OH excluding ortho intramolecular Hbond substituents is 1. The molecule has 1 atom stereocenters. The monoisotopic (exact) mass is 310 g/mol. The number of carbonyl (C=O) groups is 2. The van der Waals surface area contributed by atoms with Crippen LogP contribution in [0.3, 0.4) is 0 Å². The molecule has 1 heterocycles. The molecule has 2 aromatic rings. The number of aromatic hydroxyl groups is 1. The molecule has 1 amide bonds. The van der Waals surface area contributed by atoms with Crippen molar-refractivity contribution >= 4 is 23.2 Å². The van der Waals surface area contributed by atoms with Crippen LogP contribution in [0.5, 0.6) is 5.75 Å². The Kier molecular flexibility index (Phi) is 4.18. The molecular weight excluding hydrogens is 299 g/mol. The van der Waals surface area contributed by atoms with Gasteiger partial charge in [0.1, 0.15) is 16.6 Å². The molecule has 0 fully saturated rings. The highest BCUT2D eigenvalue weighted by Gasteiger charge is 2.18. The molecular formula is C13H11FN2O4S. The van der Waals surface area contributed by atoms with E-state index in [4.69, 9.17) is 10.2 Å². The van der Waals surface area contributed by atoms with Gasteiger partial charge in [-0.05, 0) is 19.1 Å². The Labute approximate surface area is 122 Å². The van der Waals surface area contributed by atoms with E-state index < -0.39 is 23.7 Å². The number of hydrogen-bond acceptors (Lipinski definition) is 5. The number of amides is 1. The maximum Gasteiger partial charge on any atom is 0.355 e. The van der Waals surface area contributed by atoms with E-state index in [2.05, 4.69) is 10.3 Å². The lowest BCUT2D eigenvalue weighted by Gasteiger charge is -2.11. The Morgan fingerprint density at radius 1 is 1.43 bits per heavy atom. The predicted molar refractivity (Wildman–Crippen MR) is 73.0 cm³/mol. The van der Waals surface area contributed by atoms with E-state index in [9.17, 15) is 14.0 Å². The van der Waals surface area contributed by atoms with Crippen molar-refractivity contribution in [1.29, 1.82) is 0 Å². The second-order valence-electron chi connectivity index (χ2n) is 4.24. The number of hydrogen-bond donors (Lipinski definition) is 3. The van der Waals surface area contributed by atoms with Gasteiger partial charge in [-0.15, -0.1) is 11.3 Å². The number of phenols is 1. The molecule has 1 unspecified atom stereocenters. The maximum atomic E-state index is 13.6. The summed E-state index contributed by atoms with van der Waals surface area (Å²) in [6.07, 6.45) is 0. The molecule has 0 saturated heterocycles. The van der Waals surface area contributed by atoms with Crippen LogP contribution in [0.15, 0.2) is 23.6 Å². The zero-order chi connectivity index (χ0) is 15.6. The first kappa shape index (κ1) is 14.9. The topological polar surface area (TPSA) is 99.5 Å². The first-order chi connectivity index (χ1) is 9.88. The number of carboxylic acid groups (broad SMARTS) is 1. The number of benzene rings is 1. The van der Waals surface area contributed by atoms with Crippen LogP contribution in [-0.2, 0) is 0 Å². The fourth-order valence-corrected chi connectivity index (χ4v) is 2.41. The minimum absolute atomic E-state index is 0.105. The molecule has 0 aliphatic rings. The number of carbonyl (C=O) groups excluding carboxylic acids is 1. The summed E-state index contributed by atoms with van der Waals surface area (Å²) in [6, 6.07) is 2.64. The van der Waals surface area contributed by atoms with Gasteiger partial charge in [0.2, 0.25) is 0 Å². The molecule has 1 aromatic heterocycles. The molecule has 2 rings (SSSR count). The van der Waals surface area contributed by atoms with E-state index in [0.717, 1.165) is 23.5 Å². The van der Waals surface area contributed by atoms with Crippen LogP contribution in [0.2, 0.25) is 0 Å². The van der Waals surface area contributed by atoms with Crippen molar-refractivity contribution in [3.05, 3.63) is 45.7 Å². The van der Waals surface area contributed by atoms with Crippen molar-refractivity contribution in [2.45, 2.75) is 13.0 Å². The Hall–Kier alpha value is -2.48. The number of aromatic carboxylic acids is 1. The van der Waals surface area contributed by atoms with Crippen molar-refractivity contribution in [2.75, 3.05) is 0 Å². The SMILES string of the molecule is CC(NC(=O)c1ccc(O)cc1F)c1nc(C(=O)O)cs1. The van der Waals surface area contributed by atoms with Crippen LogP contribution in [0.1, 0.15) is 38.8 Å². The maximum absolute atomic E-state index is 13.6. The Bertz CT molecular complexity index is 701. The summed E-state index contributed by atoms with van der Waals surface area (Å²) in [5.74, 6) is -2.94. The van der Waals surface area contributed by atoms with Gasteiger partial charge >= 0.3 is 5.97 Å². The number of carboxylic acids is 1. The van der Waals surface area contributed by atoms with Gasteiger partial charge in [0.25, 0.3) is 5.91 Å². The third-order valence-corrected chi connectivity index (χ3v) is 3.68. The van der Waals surface area contributed by atoms with Gasteiger partial charge in [-0.1, -0.05) is 0 Å². The number of nitrogens with zero attached hydrogens (tertiary/aromatic N) is 1. The second-order valence-corrected chi connectivity index (χ2v) is 5.13. The summed E-state index contributed by atoms with van der Waals surface area (Å²) in [5, 5.41) is 22.2. The van der Waals surface area contributed by atoms with Gasteiger partial charge < -0.3 is 15.5 Å². The van der Waals surface area contributed by atoms with Crippen molar-refractivity contribution in [2.24, 2.45) is 0 Å². The highest BCUT2D eigenvalue weighted by atomic mass is 32.1. The summed E-state index contributed by atoms with van der Waals surface area (Å²) in [4.78, 5) is 26.5. The molecule has 0 aliphatic carbocycles. The molecule has 0 aliphatic heterocycles. The largest absolute Gasteiger partial charge is 0.508 e. The fourth-order valence-electron chi connectivity index (χ4n) is 1.61. The first-order valence-corrected chi connectivity index (χ1v) is 6.74. The highest BCUT2D eigenvalue weighted by Crippen LogP contribution is 2.20. The van der Waals surface area contributed by atoms with E-state index in [1.807, 2.05) is 0 Å². The minimum Gasteiger partial charge on any atom is -0.508 e. The number of nitrogens with one attached hydrogen (secondary N) is 1. The Morgan fingerprint density at radius 3 is 2.71 bits per heavy atom. The van der Waals surface area contributed by atoms with Gasteiger partial charge in [0, 0.05) is 11.4 Å². The molecule has 21 heavy (non-hydrogen) atoms. The first-order valence-electron chi connectivity index (χ1n) is 5.86. The number of rotatable bonds is 4. The second kappa shape index (κ2) is 5.88. The van der Waals surface area contributed by atoms with Crippen LogP contribution in [-0.4, -0.2) is 27.1 Å². The number of thiazole rings is 1. The van der Waals surface area contributed by atoms with Crippen LogP contribution in [0, 0.1) is 5.82 Å². The Morgan fingerprint density at radius 2 is 2.14 bits per heavy atom. The molecule has 110 valence electrons. The third-order valence-electron chi connectivity index (χ3n) is 2.66. The van der Waals surface area contributed by atoms with Gasteiger partial charge in [-0.2, -0.15) is 0 Å². The predicted octanol–water partition coefficient (Wildman–Crippen LogP) is 2.18. The quantitative estimate of drug-likeness (QED) is 0.803. The lowest BCUT2D eigenvalue weighted by molar-refractivity contribution is 0.0691. The molecule has 0 radical (unpaired) electrons. The van der Waals surface area contributed by atoms with Crippen LogP contribution >= 0.6 is 11.3 Å². The summed E-state index contributed by atoms with van der Waals surface area (Å²) in [6.45, 7) is 1.61. The lowest BCUT2D eigenvalue weighted by atomic mass is 10.2. The average Bonchev–Trinajstić information content (AvgIpc) is 2.88. The molecule has 6 nitrogen and oxygen atoms in total. The van der Waals surface area contributed by atoms with Crippen LogP contribution < -0.4 is 5.32 Å². The highest BCUT2D eigenvalue weighted by molar-refractivity contribution is 7.09. The summed E-state index contributed by atoms with van der Waals surface area (Å²) in [5.41, 5.74) is -0.318. The summed E-state index contributed by atoms with van der Waals surface area (Å²) >= 11 is 1.09. The summed E-state index contributed by atoms with van der Waals surface area (Å²) < 4.78 is 13.6. The molecule has 0 saturated carbocycles. The molecule has 1 aromatic carbocycles. The Balaban J connectivity index is 2.12. The normalized spacial score (nSPS) is 11.9. The van der Waals surface area contributed by atoms with E-state index in [1.54, 1.807) is 6.92 Å². The molecule has 0 bridgehead atoms. The number of aromatic nitrogens is 1. The van der Waals surface area contributed by atoms with Crippen molar-refractivity contribution in [3.63, 3.8) is 0 Å². The van der Waals surface area contributed by atoms with Crippen LogP contribution in [0.4, 0.5) is 4.39 Å². The standard InChI is InChI=1S/C13H11FN2O4S/c1-6(12-16-10(5-21-12)13(19)20)15-11(18)8-3-2-7(17)4-9(8)14/h2-6,17H,1H3,(H,15,18)(H,19,20).